The van der Waals surface area contributed by atoms with Gasteiger partial charge in [0.2, 0.25) is 0 Å². The summed E-state index contributed by atoms with van der Waals surface area (Å²) in [5.41, 5.74) is 0.854. The van der Waals surface area contributed by atoms with E-state index in [-0.39, 0.29) is 0 Å². The summed E-state index contributed by atoms with van der Waals surface area (Å²) in [7, 11) is 0. The van der Waals surface area contributed by atoms with E-state index in [2.05, 4.69) is 27.8 Å². The van der Waals surface area contributed by atoms with E-state index in [1.807, 2.05) is 29.2 Å². The Bertz CT molecular complexity index is 411. The van der Waals surface area contributed by atoms with Crippen molar-refractivity contribution in [1.82, 2.24) is 4.90 Å². The third kappa shape index (κ3) is 4.63. The quantitative estimate of drug-likeness (QED) is 0.840. The van der Waals surface area contributed by atoms with Gasteiger partial charge in [0.15, 0.2) is 0 Å². The third-order valence-corrected chi connectivity index (χ3v) is 2.84. The lowest BCUT2D eigenvalue weighted by Gasteiger charge is -2.21. The highest BCUT2D eigenvalue weighted by molar-refractivity contribution is 9.10. The molecule has 1 unspecified atom stereocenters. The number of nitrogens with zero attached hydrogens (tertiary/aromatic N) is 1. The van der Waals surface area contributed by atoms with E-state index in [9.17, 15) is 5.11 Å². The van der Waals surface area contributed by atoms with Gasteiger partial charge in [0.1, 0.15) is 0 Å². The fraction of sp³-hybridized carbons (Fsp3) is 0.286. The van der Waals surface area contributed by atoms with Crippen LogP contribution in [0.15, 0.2) is 28.7 Å². The molecule has 0 aromatic heterocycles. The Morgan fingerprint density at radius 3 is 2.18 bits per heavy atom. The Morgan fingerprint density at radius 2 is 1.71 bits per heavy atom. The molecule has 0 aliphatic heterocycles. The second-order valence-electron chi connectivity index (χ2n) is 3.65. The van der Waals surface area contributed by atoms with E-state index >= 15 is 0 Å². The molecule has 1 atom stereocenters. The van der Waals surface area contributed by atoms with Crippen LogP contribution in [0.2, 0.25) is 0 Å². The van der Waals surface area contributed by atoms with Crippen molar-refractivity contribution in [2.45, 2.75) is 6.10 Å². The van der Waals surface area contributed by atoms with Gasteiger partial charge in [0.25, 0.3) is 0 Å². The number of terminal acetylenes is 2. The van der Waals surface area contributed by atoms with E-state index in [4.69, 9.17) is 12.8 Å². The van der Waals surface area contributed by atoms with Crippen molar-refractivity contribution >= 4 is 15.9 Å². The fourth-order valence-electron chi connectivity index (χ4n) is 1.48. The van der Waals surface area contributed by atoms with Crippen LogP contribution in [0.5, 0.6) is 0 Å². The van der Waals surface area contributed by atoms with Crippen molar-refractivity contribution in [3.05, 3.63) is 34.3 Å². The number of aliphatic hydroxyl groups is 1. The number of rotatable bonds is 5. The van der Waals surface area contributed by atoms with Crippen molar-refractivity contribution in [3.63, 3.8) is 0 Å². The van der Waals surface area contributed by atoms with E-state index in [0.29, 0.717) is 19.6 Å². The number of benzene rings is 1. The minimum Gasteiger partial charge on any atom is -0.387 e. The molecule has 3 heteroatoms. The van der Waals surface area contributed by atoms with Gasteiger partial charge in [-0.15, -0.1) is 12.8 Å². The highest BCUT2D eigenvalue weighted by atomic mass is 79.9. The summed E-state index contributed by atoms with van der Waals surface area (Å²) in [6.07, 6.45) is 9.91. The van der Waals surface area contributed by atoms with Gasteiger partial charge < -0.3 is 5.11 Å². The lowest BCUT2D eigenvalue weighted by Crippen LogP contribution is -2.29. The first kappa shape index (κ1) is 13.8. The van der Waals surface area contributed by atoms with E-state index in [1.165, 1.54) is 0 Å². The molecule has 0 aliphatic carbocycles. The zero-order valence-electron chi connectivity index (χ0n) is 9.44. The van der Waals surface area contributed by atoms with Crippen LogP contribution in [-0.4, -0.2) is 29.6 Å². The van der Waals surface area contributed by atoms with Crippen LogP contribution in [0, 0.1) is 24.7 Å². The SMILES string of the molecule is C#CCN(CC#C)CC(O)c1ccc(Br)cc1. The topological polar surface area (TPSA) is 23.5 Å². The number of hydrogen-bond donors (Lipinski definition) is 1. The molecule has 88 valence electrons. The van der Waals surface area contributed by atoms with Gasteiger partial charge in [-0.1, -0.05) is 39.9 Å². The average molecular weight is 292 g/mol. The fourth-order valence-corrected chi connectivity index (χ4v) is 1.74. The summed E-state index contributed by atoms with van der Waals surface area (Å²) in [5.74, 6) is 5.06. The van der Waals surface area contributed by atoms with Crippen molar-refractivity contribution < 1.29 is 5.11 Å². The number of halogens is 1. The van der Waals surface area contributed by atoms with Crippen molar-refractivity contribution in [2.75, 3.05) is 19.6 Å². The number of hydrogen-bond acceptors (Lipinski definition) is 2. The molecule has 0 radical (unpaired) electrons. The second kappa shape index (κ2) is 7.14. The third-order valence-electron chi connectivity index (χ3n) is 2.32. The Kier molecular flexibility index (Phi) is 5.80. The number of aliphatic hydroxyl groups excluding tert-OH is 1. The Labute approximate surface area is 111 Å². The van der Waals surface area contributed by atoms with E-state index < -0.39 is 6.10 Å². The van der Waals surface area contributed by atoms with Gasteiger partial charge in [-0.3, -0.25) is 4.90 Å². The molecule has 1 aromatic rings. The van der Waals surface area contributed by atoms with Crippen molar-refractivity contribution in [2.24, 2.45) is 0 Å². The average Bonchev–Trinajstić information content (AvgIpc) is 2.30. The van der Waals surface area contributed by atoms with E-state index in [1.54, 1.807) is 0 Å². The highest BCUT2D eigenvalue weighted by Gasteiger charge is 2.11. The van der Waals surface area contributed by atoms with Crippen LogP contribution >= 0.6 is 15.9 Å². The Balaban J connectivity index is 2.64. The Hall–Kier alpha value is -1.26. The predicted octanol–water partition coefficient (Wildman–Crippen LogP) is 2.05. The van der Waals surface area contributed by atoms with Crippen LogP contribution in [0.4, 0.5) is 0 Å². The maximum atomic E-state index is 10.0. The molecule has 0 heterocycles. The van der Waals surface area contributed by atoms with Gasteiger partial charge in [-0.05, 0) is 17.7 Å². The summed E-state index contributed by atoms with van der Waals surface area (Å²) in [4.78, 5) is 1.85. The molecule has 17 heavy (non-hydrogen) atoms. The monoisotopic (exact) mass is 291 g/mol. The molecule has 1 aromatic carbocycles. The molecule has 0 amide bonds. The minimum absolute atomic E-state index is 0.441. The summed E-state index contributed by atoms with van der Waals surface area (Å²) >= 11 is 3.35. The first-order chi connectivity index (χ1) is 8.17. The van der Waals surface area contributed by atoms with Crippen LogP contribution in [0.3, 0.4) is 0 Å². The van der Waals surface area contributed by atoms with Gasteiger partial charge in [0, 0.05) is 11.0 Å². The van der Waals surface area contributed by atoms with Crippen LogP contribution in [0.1, 0.15) is 11.7 Å². The highest BCUT2D eigenvalue weighted by Crippen LogP contribution is 2.17. The predicted molar refractivity (Wildman–Crippen MR) is 73.2 cm³/mol. The zero-order valence-corrected chi connectivity index (χ0v) is 11.0. The molecular formula is C14H14BrNO. The molecule has 0 saturated heterocycles. The summed E-state index contributed by atoms with van der Waals surface area (Å²) in [6, 6.07) is 7.54. The second-order valence-corrected chi connectivity index (χ2v) is 4.56. The lowest BCUT2D eigenvalue weighted by atomic mass is 10.1. The van der Waals surface area contributed by atoms with Crippen LogP contribution in [-0.2, 0) is 0 Å². The van der Waals surface area contributed by atoms with Gasteiger partial charge in [-0.2, -0.15) is 0 Å². The summed E-state index contributed by atoms with van der Waals surface area (Å²) < 4.78 is 0.984. The molecule has 1 N–H and O–H groups in total. The smallest absolute Gasteiger partial charge is 0.0917 e. The molecule has 1 rings (SSSR count). The van der Waals surface area contributed by atoms with Gasteiger partial charge in [0.05, 0.1) is 19.2 Å². The van der Waals surface area contributed by atoms with Crippen LogP contribution < -0.4 is 0 Å². The van der Waals surface area contributed by atoms with Crippen LogP contribution in [0.25, 0.3) is 0 Å². The first-order valence-electron chi connectivity index (χ1n) is 5.20. The minimum atomic E-state index is -0.579. The molecular weight excluding hydrogens is 278 g/mol. The molecule has 0 saturated carbocycles. The summed E-state index contributed by atoms with van der Waals surface area (Å²) in [6.45, 7) is 1.33. The molecule has 0 aliphatic rings. The maximum absolute atomic E-state index is 10.0. The van der Waals surface area contributed by atoms with Crippen molar-refractivity contribution in [1.29, 1.82) is 0 Å². The Morgan fingerprint density at radius 1 is 1.18 bits per heavy atom. The normalized spacial score (nSPS) is 11.8. The largest absolute Gasteiger partial charge is 0.387 e. The van der Waals surface area contributed by atoms with E-state index in [0.717, 1.165) is 10.0 Å². The summed E-state index contributed by atoms with van der Waals surface area (Å²) in [5, 5.41) is 10.0. The lowest BCUT2D eigenvalue weighted by molar-refractivity contribution is 0.127. The molecule has 2 nitrogen and oxygen atoms in total. The first-order valence-corrected chi connectivity index (χ1v) is 5.99. The molecule has 0 fully saturated rings. The zero-order chi connectivity index (χ0) is 12.7. The maximum Gasteiger partial charge on any atom is 0.0917 e. The standard InChI is InChI=1S/C14H14BrNO/c1-3-9-16(10-4-2)11-14(17)12-5-7-13(15)8-6-12/h1-2,5-8,14,17H,9-11H2. The van der Waals surface area contributed by atoms with Gasteiger partial charge >= 0.3 is 0 Å². The molecule has 0 bridgehead atoms. The van der Waals surface area contributed by atoms with Crippen molar-refractivity contribution in [3.8, 4) is 24.7 Å². The molecule has 0 spiro atoms. The van der Waals surface area contributed by atoms with Gasteiger partial charge in [-0.25, -0.2) is 0 Å².